The maximum Gasteiger partial charge on any atom is 0.407 e. The summed E-state index contributed by atoms with van der Waals surface area (Å²) in [7, 11) is -1.18. The molecular formula is C23H27N7O3Si. The summed E-state index contributed by atoms with van der Waals surface area (Å²) in [4.78, 5) is 17.0. The maximum absolute atomic E-state index is 11.3. The van der Waals surface area contributed by atoms with Gasteiger partial charge in [-0.3, -0.25) is 4.68 Å². The van der Waals surface area contributed by atoms with E-state index < -0.39 is 19.7 Å². The lowest BCUT2D eigenvalue weighted by Crippen LogP contribution is -2.64. The zero-order chi connectivity index (χ0) is 24.5. The first-order valence-electron chi connectivity index (χ1n) is 11.0. The number of nitrogens with zero attached hydrogens (tertiary/aromatic N) is 7. The van der Waals surface area contributed by atoms with Crippen LogP contribution in [-0.4, -0.2) is 63.2 Å². The third kappa shape index (κ3) is 4.40. The van der Waals surface area contributed by atoms with Crippen molar-refractivity contribution < 1.29 is 14.6 Å². The van der Waals surface area contributed by atoms with Crippen molar-refractivity contribution >= 4 is 25.2 Å². The Hall–Kier alpha value is -3.67. The predicted octanol–water partition coefficient (Wildman–Crippen LogP) is 3.69. The third-order valence-corrected chi connectivity index (χ3v) is 7.85. The van der Waals surface area contributed by atoms with Crippen LogP contribution in [0.15, 0.2) is 30.9 Å². The number of likely N-dealkylation sites (tertiary alicyclic amines) is 1. The van der Waals surface area contributed by atoms with Crippen molar-refractivity contribution in [1.82, 2.24) is 24.2 Å². The summed E-state index contributed by atoms with van der Waals surface area (Å²) in [6, 6.07) is 7.35. The van der Waals surface area contributed by atoms with Crippen LogP contribution in [0.1, 0.15) is 12.0 Å². The Morgan fingerprint density at radius 2 is 2.06 bits per heavy atom. The fourth-order valence-corrected chi connectivity index (χ4v) is 4.93. The van der Waals surface area contributed by atoms with Gasteiger partial charge in [0, 0.05) is 49.8 Å². The van der Waals surface area contributed by atoms with E-state index in [2.05, 4.69) is 41.9 Å². The van der Waals surface area contributed by atoms with Crippen LogP contribution in [0.4, 0.5) is 4.79 Å². The molecular weight excluding hydrogens is 450 g/mol. The second kappa shape index (κ2) is 8.93. The summed E-state index contributed by atoms with van der Waals surface area (Å²) in [5.74, 6) is 0. The van der Waals surface area contributed by atoms with Crippen molar-refractivity contribution in [3.8, 4) is 23.3 Å². The summed E-state index contributed by atoms with van der Waals surface area (Å²) in [5.41, 5.74) is 1.84. The lowest BCUT2D eigenvalue weighted by atomic mass is 9.87. The van der Waals surface area contributed by atoms with E-state index in [9.17, 15) is 20.4 Å². The molecule has 1 aliphatic heterocycles. The molecule has 176 valence electrons. The van der Waals surface area contributed by atoms with Crippen LogP contribution in [-0.2, 0) is 17.0 Å². The minimum atomic E-state index is -1.18. The van der Waals surface area contributed by atoms with Gasteiger partial charge in [-0.05, 0) is 12.1 Å². The number of pyridine rings is 1. The molecule has 0 bridgehead atoms. The van der Waals surface area contributed by atoms with E-state index in [1.165, 1.54) is 4.90 Å². The molecule has 0 spiro atoms. The van der Waals surface area contributed by atoms with Gasteiger partial charge in [-0.25, -0.2) is 9.78 Å². The predicted molar refractivity (Wildman–Crippen MR) is 128 cm³/mol. The number of nitriles is 2. The summed E-state index contributed by atoms with van der Waals surface area (Å²) < 4.78 is 9.47. The second-order valence-corrected chi connectivity index (χ2v) is 15.5. The van der Waals surface area contributed by atoms with E-state index in [4.69, 9.17) is 4.74 Å². The highest BCUT2D eigenvalue weighted by molar-refractivity contribution is 6.76. The first-order chi connectivity index (χ1) is 16.2. The molecule has 0 radical (unpaired) electrons. The Bertz CT molecular complexity index is 1300. The molecule has 1 saturated heterocycles. The van der Waals surface area contributed by atoms with E-state index in [0.717, 1.165) is 11.4 Å². The molecule has 1 amide bonds. The van der Waals surface area contributed by atoms with Gasteiger partial charge in [-0.15, -0.1) is 0 Å². The fourth-order valence-electron chi connectivity index (χ4n) is 4.18. The topological polar surface area (TPSA) is 133 Å². The number of aromatic nitrogens is 4. The SMILES string of the molecule is C[Si](C)(C)CCOCn1ccc2c(-c3cnn(C4(CC#N)CN(C(=O)O)C4)c3)c(C#N)cnc21. The zero-order valence-electron chi connectivity index (χ0n) is 19.5. The second-order valence-electron chi connectivity index (χ2n) is 9.90. The summed E-state index contributed by atoms with van der Waals surface area (Å²) in [6.45, 7) is 8.38. The van der Waals surface area contributed by atoms with Crippen molar-refractivity contribution in [1.29, 1.82) is 10.5 Å². The molecule has 0 atom stereocenters. The van der Waals surface area contributed by atoms with Gasteiger partial charge in [0.05, 0.1) is 37.3 Å². The van der Waals surface area contributed by atoms with E-state index >= 15 is 0 Å². The molecule has 1 aliphatic rings. The fraction of sp³-hybridized carbons (Fsp3) is 0.435. The van der Waals surface area contributed by atoms with Gasteiger partial charge < -0.3 is 19.3 Å². The number of carbonyl (C=O) groups is 1. The molecule has 3 aromatic rings. The van der Waals surface area contributed by atoms with Crippen molar-refractivity contribution in [2.45, 2.75) is 44.4 Å². The molecule has 34 heavy (non-hydrogen) atoms. The van der Waals surface area contributed by atoms with Crippen LogP contribution < -0.4 is 0 Å². The Morgan fingerprint density at radius 3 is 2.71 bits per heavy atom. The highest BCUT2D eigenvalue weighted by Gasteiger charge is 2.47. The number of fused-ring (bicyclic) bond motifs is 1. The molecule has 0 aliphatic carbocycles. The van der Waals surface area contributed by atoms with Crippen molar-refractivity contribution in [3.63, 3.8) is 0 Å². The zero-order valence-corrected chi connectivity index (χ0v) is 20.5. The van der Waals surface area contributed by atoms with Crippen molar-refractivity contribution in [2.24, 2.45) is 0 Å². The average molecular weight is 478 g/mol. The number of carboxylic acid groups (broad SMARTS) is 1. The molecule has 0 unspecified atom stereocenters. The number of rotatable bonds is 8. The molecule has 0 aromatic carbocycles. The van der Waals surface area contributed by atoms with Gasteiger partial charge in [0.15, 0.2) is 0 Å². The quantitative estimate of drug-likeness (QED) is 0.386. The van der Waals surface area contributed by atoms with Gasteiger partial charge in [0.1, 0.15) is 24.0 Å². The largest absolute Gasteiger partial charge is 0.465 e. The number of hydrogen-bond donors (Lipinski definition) is 1. The molecule has 1 fully saturated rings. The normalized spacial score (nSPS) is 15.0. The van der Waals surface area contributed by atoms with E-state index in [1.54, 1.807) is 23.3 Å². The van der Waals surface area contributed by atoms with E-state index in [0.29, 0.717) is 35.7 Å². The van der Waals surface area contributed by atoms with Crippen molar-refractivity contribution in [2.75, 3.05) is 19.7 Å². The van der Waals surface area contributed by atoms with Gasteiger partial charge in [0.25, 0.3) is 0 Å². The van der Waals surface area contributed by atoms with E-state index in [1.807, 2.05) is 16.8 Å². The Morgan fingerprint density at radius 1 is 1.29 bits per heavy atom. The molecule has 4 rings (SSSR count). The smallest absolute Gasteiger partial charge is 0.407 e. The van der Waals surface area contributed by atoms with Crippen LogP contribution in [0.2, 0.25) is 25.7 Å². The Labute approximate surface area is 198 Å². The minimum absolute atomic E-state index is 0.139. The standard InChI is InChI=1S/C23H27N7O3Si/c1-34(2,3)9-8-33-16-28-7-4-19-20(17(10-25)11-26-21(19)28)18-12-27-30(13-18)23(5-6-24)14-29(15-23)22(31)32/h4,7,11-13H,5,8-9,14-16H2,1-3H3,(H,31,32). The van der Waals surface area contributed by atoms with Crippen LogP contribution in [0.25, 0.3) is 22.2 Å². The lowest BCUT2D eigenvalue weighted by Gasteiger charge is -2.47. The third-order valence-electron chi connectivity index (χ3n) is 6.14. The van der Waals surface area contributed by atoms with Gasteiger partial charge in [0.2, 0.25) is 0 Å². The minimum Gasteiger partial charge on any atom is -0.465 e. The van der Waals surface area contributed by atoms with Crippen LogP contribution in [0.3, 0.4) is 0 Å². The van der Waals surface area contributed by atoms with Gasteiger partial charge in [-0.2, -0.15) is 15.6 Å². The highest BCUT2D eigenvalue weighted by atomic mass is 28.3. The monoisotopic (exact) mass is 477 g/mol. The van der Waals surface area contributed by atoms with Crippen molar-refractivity contribution in [3.05, 3.63) is 36.4 Å². The average Bonchev–Trinajstić information content (AvgIpc) is 3.39. The summed E-state index contributed by atoms with van der Waals surface area (Å²) >= 11 is 0. The summed E-state index contributed by atoms with van der Waals surface area (Å²) in [6.07, 6.45) is 6.01. The van der Waals surface area contributed by atoms with Gasteiger partial charge in [-0.1, -0.05) is 19.6 Å². The van der Waals surface area contributed by atoms with Crippen LogP contribution in [0, 0.1) is 22.7 Å². The molecule has 10 nitrogen and oxygen atoms in total. The number of ether oxygens (including phenoxy) is 1. The first-order valence-corrected chi connectivity index (χ1v) is 14.7. The number of amides is 1. The highest BCUT2D eigenvalue weighted by Crippen LogP contribution is 2.36. The Balaban J connectivity index is 1.64. The van der Waals surface area contributed by atoms with E-state index in [-0.39, 0.29) is 19.5 Å². The van der Waals surface area contributed by atoms with Crippen LogP contribution >= 0.6 is 0 Å². The first kappa shape index (κ1) is 23.5. The molecule has 4 heterocycles. The molecule has 3 aromatic heterocycles. The Kier molecular flexibility index (Phi) is 6.17. The molecule has 0 saturated carbocycles. The molecule has 11 heteroatoms. The maximum atomic E-state index is 11.3. The van der Waals surface area contributed by atoms with Gasteiger partial charge >= 0.3 is 6.09 Å². The number of hydrogen-bond acceptors (Lipinski definition) is 6. The summed E-state index contributed by atoms with van der Waals surface area (Å²) in [5, 5.41) is 33.6. The van der Waals surface area contributed by atoms with Crippen LogP contribution in [0.5, 0.6) is 0 Å². The molecule has 1 N–H and O–H groups in total. The lowest BCUT2D eigenvalue weighted by molar-refractivity contribution is 0.0139.